The lowest BCUT2D eigenvalue weighted by atomic mass is 10.00. The summed E-state index contributed by atoms with van der Waals surface area (Å²) in [6, 6.07) is -4.82. The van der Waals surface area contributed by atoms with E-state index in [0.717, 1.165) is 4.57 Å². The van der Waals surface area contributed by atoms with Gasteiger partial charge >= 0.3 is 0 Å². The first-order valence-electron chi connectivity index (χ1n) is 30.0. The van der Waals surface area contributed by atoms with Gasteiger partial charge in [0.2, 0.25) is 0 Å². The van der Waals surface area contributed by atoms with Gasteiger partial charge in [0, 0.05) is 48.1 Å². The highest BCUT2D eigenvalue weighted by Gasteiger charge is 2.22. The first-order valence-corrected chi connectivity index (χ1v) is 18.3. The van der Waals surface area contributed by atoms with Crippen LogP contribution in [-0.4, -0.2) is 9.13 Å². The van der Waals surface area contributed by atoms with Crippen LogP contribution in [0.2, 0.25) is 0 Å². The minimum atomic E-state index is -0.997. The van der Waals surface area contributed by atoms with E-state index in [2.05, 4.69) is 0 Å². The van der Waals surface area contributed by atoms with Crippen LogP contribution in [0.1, 0.15) is 34.3 Å². The van der Waals surface area contributed by atoms with Crippen LogP contribution in [-0.2, 0) is 0 Å². The Kier molecular flexibility index (Phi) is 3.58. The van der Waals surface area contributed by atoms with Crippen molar-refractivity contribution in [2.24, 2.45) is 0 Å². The zero-order valence-electron chi connectivity index (χ0n) is 54.0. The molecule has 0 saturated carbocycles. The maximum atomic E-state index is 10.2. The Morgan fingerprint density at radius 1 is 0.368 bits per heavy atom. The number of hydrogen-bond donors (Lipinski definition) is 0. The van der Waals surface area contributed by atoms with E-state index in [4.69, 9.17) is 16.4 Å². The van der Waals surface area contributed by atoms with Gasteiger partial charge in [0.1, 0.15) is 0 Å². The lowest BCUT2D eigenvalue weighted by molar-refractivity contribution is 1.18. The average molecular weight is 768 g/mol. The molecule has 0 aliphatic heterocycles. The van der Waals surface area contributed by atoms with Crippen molar-refractivity contribution in [3.63, 3.8) is 0 Å². The lowest BCUT2D eigenvalue weighted by Gasteiger charge is -2.16. The third-order valence-electron chi connectivity index (χ3n) is 9.85. The topological polar surface area (TPSA) is 9.86 Å². The second-order valence-corrected chi connectivity index (χ2v) is 14.0. The molecule has 0 aliphatic carbocycles. The first-order chi connectivity index (χ1) is 38.7. The molecule has 12 rings (SSSR count). The van der Waals surface area contributed by atoms with E-state index in [1.54, 1.807) is 48.5 Å². The number of aromatic nitrogens is 2. The van der Waals surface area contributed by atoms with E-state index < -0.39 is 189 Å². The number of hydrogen-bond acceptors (Lipinski definition) is 1. The van der Waals surface area contributed by atoms with Gasteiger partial charge in [-0.2, -0.15) is 0 Å². The summed E-state index contributed by atoms with van der Waals surface area (Å²) >= 11 is 1.17. The smallest absolute Gasteiger partial charge is 0.0719 e. The number of nitrogens with zero attached hydrogens (tertiary/aromatic N) is 2. The van der Waals surface area contributed by atoms with Gasteiger partial charge in [0.25, 0.3) is 0 Å². The van der Waals surface area contributed by atoms with Crippen molar-refractivity contribution < 1.29 is 34.3 Å². The molecule has 0 spiro atoms. The third-order valence-corrected chi connectivity index (χ3v) is 11.0. The maximum absolute atomic E-state index is 10.2. The van der Waals surface area contributed by atoms with Crippen molar-refractivity contribution in [2.75, 3.05) is 0 Å². The SMILES string of the molecule is [2H]c1c([2H])c([2H])c(-c2c([2H])c([2H])c([2H])c([2H])c2-n2c3c([2H])c([2H])c([2H])c([2H])c3c3c([2H])c(-c4c([2H])c([2H])c5c(c4[2H])c4c([2H])c([2H])c([2H])c([2H])c4n5-c4c(-c5ccccc5)cc([2H])c5c4sc4cccc([2H])c45)c([2H])c([2H])c32)c([2H])c1[2H]. The molecular weight excluding hydrogens is 709 g/mol. The van der Waals surface area contributed by atoms with Crippen LogP contribution in [0.15, 0.2) is 206 Å². The molecule has 57 heavy (non-hydrogen) atoms. The highest BCUT2D eigenvalue weighted by molar-refractivity contribution is 7.26. The molecule has 0 saturated heterocycles. The summed E-state index contributed by atoms with van der Waals surface area (Å²) in [5.41, 5.74) is -4.67. The zero-order valence-corrected chi connectivity index (χ0v) is 29.8. The molecule has 3 heteroatoms. The van der Waals surface area contributed by atoms with Crippen molar-refractivity contribution in [1.29, 1.82) is 0 Å². The van der Waals surface area contributed by atoms with Crippen molar-refractivity contribution in [2.45, 2.75) is 0 Å². The van der Waals surface area contributed by atoms with Crippen molar-refractivity contribution in [1.82, 2.24) is 9.13 Å². The fraction of sp³-hybridized carbons (Fsp3) is 0. The van der Waals surface area contributed by atoms with Gasteiger partial charge < -0.3 is 9.13 Å². The molecule has 3 heterocycles. The molecule has 0 radical (unpaired) electrons. The normalized spacial score (nSPS) is 18.0. The lowest BCUT2D eigenvalue weighted by Crippen LogP contribution is -1.98. The van der Waals surface area contributed by atoms with E-state index >= 15 is 0 Å². The van der Waals surface area contributed by atoms with Crippen LogP contribution >= 0.6 is 11.3 Å². The van der Waals surface area contributed by atoms with Gasteiger partial charge in [0.05, 0.1) is 72.4 Å². The van der Waals surface area contributed by atoms with Crippen LogP contribution in [0.4, 0.5) is 0 Å². The van der Waals surface area contributed by atoms with Gasteiger partial charge in [-0.1, -0.05) is 157 Å². The van der Waals surface area contributed by atoms with Crippen molar-refractivity contribution in [3.8, 4) is 44.8 Å². The quantitative estimate of drug-likeness (QED) is 0.165. The Balaban J connectivity index is 1.29. The van der Waals surface area contributed by atoms with E-state index in [-0.39, 0.29) is 39.6 Å². The molecule has 266 valence electrons. The van der Waals surface area contributed by atoms with Gasteiger partial charge in [-0.05, 0) is 70.6 Å². The molecule has 9 aromatic carbocycles. The number of benzene rings is 9. The summed E-state index contributed by atoms with van der Waals surface area (Å²) in [6.07, 6.45) is 0. The Bertz CT molecular complexity index is 4960. The molecule has 3 aromatic heterocycles. The average Bonchev–Trinajstić information content (AvgIpc) is 4.35. The van der Waals surface area contributed by atoms with Crippen LogP contribution < -0.4 is 0 Å². The van der Waals surface area contributed by atoms with E-state index in [1.807, 2.05) is 0 Å². The molecule has 12 aromatic rings. The second-order valence-electron chi connectivity index (χ2n) is 12.9. The van der Waals surface area contributed by atoms with Crippen molar-refractivity contribution in [3.05, 3.63) is 206 Å². The summed E-state index contributed by atoms with van der Waals surface area (Å²) in [6.45, 7) is 0. The summed E-state index contributed by atoms with van der Waals surface area (Å²) in [5, 5.41) is -1.18. The van der Waals surface area contributed by atoms with Crippen LogP contribution in [0.5, 0.6) is 0 Å². The van der Waals surface area contributed by atoms with Crippen molar-refractivity contribution >= 4 is 75.1 Å². The monoisotopic (exact) mass is 767 g/mol. The molecule has 0 amide bonds. The summed E-state index contributed by atoms with van der Waals surface area (Å²) in [5.74, 6) is 0. The Labute approximate surface area is 368 Å². The fourth-order valence-electron chi connectivity index (χ4n) is 7.43. The fourth-order valence-corrected chi connectivity index (χ4v) is 8.62. The molecule has 0 atom stereocenters. The second kappa shape index (κ2) is 12.7. The van der Waals surface area contributed by atoms with Gasteiger partial charge in [-0.15, -0.1) is 11.3 Å². The Morgan fingerprint density at radius 2 is 0.982 bits per heavy atom. The van der Waals surface area contributed by atoms with Gasteiger partial charge in [0.15, 0.2) is 0 Å². The maximum Gasteiger partial charge on any atom is 0.0719 e. The third kappa shape index (κ3) is 4.89. The Hall–Kier alpha value is -7.20. The van der Waals surface area contributed by atoms with Gasteiger partial charge in [-0.3, -0.25) is 0 Å². The Morgan fingerprint density at radius 3 is 1.74 bits per heavy atom. The number of fused-ring (bicyclic) bond motifs is 9. The number of thiophene rings is 1. The molecular formula is C54H34N2S. The van der Waals surface area contributed by atoms with E-state index in [9.17, 15) is 17.8 Å². The predicted molar refractivity (Wildman–Crippen MR) is 244 cm³/mol. The molecule has 0 unspecified atom stereocenters. The van der Waals surface area contributed by atoms with Gasteiger partial charge in [-0.25, -0.2) is 0 Å². The summed E-state index contributed by atoms with van der Waals surface area (Å²) < 4.78 is 233. The molecule has 0 aliphatic rings. The largest absolute Gasteiger partial charge is 0.309 e. The molecule has 2 nitrogen and oxygen atoms in total. The molecule has 0 bridgehead atoms. The minimum Gasteiger partial charge on any atom is -0.309 e. The predicted octanol–water partition coefficient (Wildman–Crippen LogP) is 15.2. The number of para-hydroxylation sites is 3. The summed E-state index contributed by atoms with van der Waals surface area (Å²) in [4.78, 5) is 0. The highest BCUT2D eigenvalue weighted by atomic mass is 32.1. The standard InChI is InChI=1S/C54H34N2S/c1-3-15-35(16-4-1)39-19-7-11-23-47(39)55-48-24-12-8-20-41(48)45-33-37(27-31-50(45)55)38-28-32-51-46(34-38)42-21-9-13-25-49(42)56(51)53-40(36-17-5-2-6-18-36)29-30-44-43-22-10-14-26-52(43)57-54(44)53/h1-34H/i1D,3D,4D,7D,8D,9D,11D,12D,13D,15D,16D,19D,20D,21D,22D,23D,24D,25D,27D,28D,30D,31D,32D,33D,34D. The van der Waals surface area contributed by atoms with Crippen LogP contribution in [0, 0.1) is 0 Å². The van der Waals surface area contributed by atoms with Crippen LogP contribution in [0.25, 0.3) is 109 Å². The van der Waals surface area contributed by atoms with Crippen LogP contribution in [0.3, 0.4) is 0 Å². The zero-order chi connectivity index (χ0) is 59.2. The summed E-state index contributed by atoms with van der Waals surface area (Å²) in [7, 11) is 0. The van der Waals surface area contributed by atoms with E-state index in [1.165, 1.54) is 22.0 Å². The van der Waals surface area contributed by atoms with E-state index in [0.29, 0.717) is 31.3 Å². The first kappa shape index (κ1) is 16.1. The molecule has 0 N–H and O–H groups in total. The molecule has 0 fully saturated rings. The highest BCUT2D eigenvalue weighted by Crippen LogP contribution is 2.46. The number of rotatable bonds is 5. The minimum absolute atomic E-state index is 0.00125.